The highest BCUT2D eigenvalue weighted by Crippen LogP contribution is 2.18. The number of aryl methyl sites for hydroxylation is 1. The van der Waals surface area contributed by atoms with E-state index in [-0.39, 0.29) is 22.9 Å². The van der Waals surface area contributed by atoms with Crippen molar-refractivity contribution in [2.75, 3.05) is 14.1 Å². The first kappa shape index (κ1) is 21.3. The minimum atomic E-state index is -0.397. The summed E-state index contributed by atoms with van der Waals surface area (Å²) >= 11 is 0. The Morgan fingerprint density at radius 2 is 1.46 bits per heavy atom. The summed E-state index contributed by atoms with van der Waals surface area (Å²) in [6, 6.07) is 3.21. The molecule has 1 N–H and O–H groups in total. The summed E-state index contributed by atoms with van der Waals surface area (Å²) in [4.78, 5) is 50.3. The molecule has 0 bridgehead atoms. The van der Waals surface area contributed by atoms with Crippen molar-refractivity contribution < 1.29 is 14.4 Å². The molecule has 2 aliphatic rings. The number of hydrogen-bond acceptors (Lipinski definition) is 6. The first-order valence-corrected chi connectivity index (χ1v) is 9.47. The number of nitrogens with one attached hydrogen (secondary N) is 1. The van der Waals surface area contributed by atoms with Crippen LogP contribution in [0.3, 0.4) is 0 Å². The van der Waals surface area contributed by atoms with Crippen LogP contribution in [0.1, 0.15) is 66.6 Å². The third-order valence-corrected chi connectivity index (χ3v) is 4.67. The molecule has 7 heteroatoms. The van der Waals surface area contributed by atoms with Gasteiger partial charge in [-0.2, -0.15) is 5.26 Å². The lowest BCUT2D eigenvalue weighted by Crippen LogP contribution is -2.16. The van der Waals surface area contributed by atoms with Crippen LogP contribution < -0.4 is 5.56 Å². The second-order valence-electron chi connectivity index (χ2n) is 7.21. The number of nitriles is 1. The smallest absolute Gasteiger partial charge is 0.266 e. The van der Waals surface area contributed by atoms with Gasteiger partial charge in [0.15, 0.2) is 17.3 Å². The summed E-state index contributed by atoms with van der Waals surface area (Å²) in [5, 5.41) is 8.70. The first-order valence-electron chi connectivity index (χ1n) is 9.47. The maximum atomic E-state index is 11.7. The third kappa shape index (κ3) is 5.49. The number of aromatic amines is 1. The first-order chi connectivity index (χ1) is 13.3. The van der Waals surface area contributed by atoms with Crippen LogP contribution in [-0.2, 0) is 16.0 Å². The van der Waals surface area contributed by atoms with Crippen LogP contribution in [-0.4, -0.2) is 41.3 Å². The van der Waals surface area contributed by atoms with Crippen LogP contribution in [0.2, 0.25) is 0 Å². The van der Waals surface area contributed by atoms with Gasteiger partial charge in [0, 0.05) is 50.8 Å². The van der Waals surface area contributed by atoms with Crippen LogP contribution in [0, 0.1) is 11.3 Å². The Kier molecular flexibility index (Phi) is 7.44. The summed E-state index contributed by atoms with van der Waals surface area (Å²) in [5.41, 5.74) is 1.20. The molecular formula is C21H25N3O4. The highest BCUT2D eigenvalue weighted by Gasteiger charge is 2.21. The molecule has 0 unspecified atom stereocenters. The highest BCUT2D eigenvalue weighted by atomic mass is 16.2. The van der Waals surface area contributed by atoms with Crippen molar-refractivity contribution in [1.29, 1.82) is 5.26 Å². The van der Waals surface area contributed by atoms with Gasteiger partial charge < -0.3 is 9.88 Å². The number of rotatable bonds is 1. The second kappa shape index (κ2) is 9.79. The molecule has 0 aliphatic heterocycles. The molecule has 28 heavy (non-hydrogen) atoms. The number of Topliss-reactive ketones (excluding diaryl/α,β-unsaturated/α-hetero) is 3. The summed E-state index contributed by atoms with van der Waals surface area (Å²) < 4.78 is 0. The van der Waals surface area contributed by atoms with Gasteiger partial charge in [-0.15, -0.1) is 0 Å². The topological polar surface area (TPSA) is 111 Å². The molecule has 1 heterocycles. The zero-order valence-electron chi connectivity index (χ0n) is 16.3. The molecular weight excluding hydrogens is 358 g/mol. The number of hydrogen-bond donors (Lipinski definition) is 1. The van der Waals surface area contributed by atoms with E-state index in [0.29, 0.717) is 42.5 Å². The molecule has 148 valence electrons. The van der Waals surface area contributed by atoms with Gasteiger partial charge in [0.25, 0.3) is 5.56 Å². The van der Waals surface area contributed by atoms with E-state index in [9.17, 15) is 19.2 Å². The van der Waals surface area contributed by atoms with Gasteiger partial charge >= 0.3 is 0 Å². The van der Waals surface area contributed by atoms with Crippen molar-refractivity contribution in [3.63, 3.8) is 0 Å². The fourth-order valence-corrected chi connectivity index (χ4v) is 3.22. The van der Waals surface area contributed by atoms with E-state index < -0.39 is 5.56 Å². The number of carbonyl (C=O) groups excluding carboxylic acids is 3. The fourth-order valence-electron chi connectivity index (χ4n) is 3.22. The van der Waals surface area contributed by atoms with E-state index in [1.165, 1.54) is 6.07 Å². The molecule has 7 nitrogen and oxygen atoms in total. The summed E-state index contributed by atoms with van der Waals surface area (Å²) in [7, 11) is 3.64. The molecule has 0 spiro atoms. The van der Waals surface area contributed by atoms with Gasteiger partial charge in [0.05, 0.1) is 5.57 Å². The van der Waals surface area contributed by atoms with Crippen LogP contribution >= 0.6 is 0 Å². The predicted octanol–water partition coefficient (Wildman–Crippen LogP) is 2.30. The normalized spacial score (nSPS) is 16.8. The molecule has 0 saturated heterocycles. The van der Waals surface area contributed by atoms with Gasteiger partial charge in [-0.1, -0.05) is 0 Å². The number of fused-ring (bicyclic) bond motifs is 1. The number of pyridine rings is 1. The molecule has 2 aliphatic carbocycles. The molecule has 3 rings (SSSR count). The number of allylic oxidation sites excluding steroid dienone is 1. The van der Waals surface area contributed by atoms with Gasteiger partial charge in [-0.05, 0) is 38.2 Å². The molecule has 0 amide bonds. The van der Waals surface area contributed by atoms with Crippen molar-refractivity contribution in [1.82, 2.24) is 9.88 Å². The quantitative estimate of drug-likeness (QED) is 0.345. The standard InChI is InChI=1S/C11H10N2O2.C10H15NO2/c12-6-7-5-8-9(13-11(7)15)3-1-2-4-10(8)14;1-11(2)7-8-9(12)5-3-4-6-10(8)13/h5H,1-4H2,(H,13,15);7H,3-6H2,1-2H3. The van der Waals surface area contributed by atoms with E-state index in [2.05, 4.69) is 4.98 Å². The van der Waals surface area contributed by atoms with Crippen molar-refractivity contribution in [3.05, 3.63) is 45.0 Å². The van der Waals surface area contributed by atoms with Gasteiger partial charge in [-0.25, -0.2) is 0 Å². The molecule has 1 aromatic heterocycles. The summed E-state index contributed by atoms with van der Waals surface area (Å²) in [6.45, 7) is 0. The SMILES string of the molecule is CN(C)C=C1C(=O)CCCCC1=O.N#Cc1cc2c([nH]c1=O)CCCCC2=O. The zero-order valence-corrected chi connectivity index (χ0v) is 16.3. The van der Waals surface area contributed by atoms with Crippen LogP contribution in [0.15, 0.2) is 22.6 Å². The van der Waals surface area contributed by atoms with Gasteiger partial charge in [0.2, 0.25) is 0 Å². The minimum absolute atomic E-state index is 0.00352. The zero-order chi connectivity index (χ0) is 20.7. The van der Waals surface area contributed by atoms with Gasteiger partial charge in [-0.3, -0.25) is 19.2 Å². The van der Waals surface area contributed by atoms with Crippen molar-refractivity contribution in [3.8, 4) is 6.07 Å². The van der Waals surface area contributed by atoms with E-state index in [0.717, 1.165) is 25.7 Å². The Bertz CT molecular complexity index is 883. The Hall–Kier alpha value is -3.01. The monoisotopic (exact) mass is 383 g/mol. The number of nitrogens with zero attached hydrogens (tertiary/aromatic N) is 2. The largest absolute Gasteiger partial charge is 0.383 e. The van der Waals surface area contributed by atoms with E-state index in [1.54, 1.807) is 17.2 Å². The number of ketones is 3. The molecule has 1 saturated carbocycles. The average Bonchev–Trinajstić information content (AvgIpc) is 2.92. The van der Waals surface area contributed by atoms with E-state index >= 15 is 0 Å². The Labute approximate surface area is 164 Å². The predicted molar refractivity (Wildman–Crippen MR) is 104 cm³/mol. The van der Waals surface area contributed by atoms with Crippen molar-refractivity contribution in [2.24, 2.45) is 0 Å². The lowest BCUT2D eigenvalue weighted by Gasteiger charge is -2.07. The number of H-pyrrole nitrogens is 1. The van der Waals surface area contributed by atoms with Crippen molar-refractivity contribution in [2.45, 2.75) is 51.4 Å². The highest BCUT2D eigenvalue weighted by molar-refractivity contribution is 6.20. The van der Waals surface area contributed by atoms with E-state index in [4.69, 9.17) is 5.26 Å². The second-order valence-corrected chi connectivity index (χ2v) is 7.21. The lowest BCUT2D eigenvalue weighted by atomic mass is 10.1. The molecule has 1 aromatic rings. The Morgan fingerprint density at radius 1 is 0.929 bits per heavy atom. The van der Waals surface area contributed by atoms with E-state index in [1.807, 2.05) is 14.1 Å². The lowest BCUT2D eigenvalue weighted by molar-refractivity contribution is -0.120. The third-order valence-electron chi connectivity index (χ3n) is 4.67. The maximum Gasteiger partial charge on any atom is 0.266 e. The maximum absolute atomic E-state index is 11.7. The van der Waals surface area contributed by atoms with Gasteiger partial charge in [0.1, 0.15) is 11.6 Å². The average molecular weight is 383 g/mol. The Balaban J connectivity index is 0.000000203. The summed E-state index contributed by atoms with van der Waals surface area (Å²) in [6.07, 6.45) is 7.32. The summed E-state index contributed by atoms with van der Waals surface area (Å²) in [5.74, 6) is 0.0163. The van der Waals surface area contributed by atoms with Crippen molar-refractivity contribution >= 4 is 17.3 Å². The number of carbonyl (C=O) groups is 3. The fraction of sp³-hybridized carbons (Fsp3) is 0.476. The minimum Gasteiger partial charge on any atom is -0.383 e. The molecule has 0 atom stereocenters. The van der Waals surface area contributed by atoms with Crippen LogP contribution in [0.5, 0.6) is 0 Å². The molecule has 1 fully saturated rings. The van der Waals surface area contributed by atoms with Crippen LogP contribution in [0.4, 0.5) is 0 Å². The number of aromatic nitrogens is 1. The Morgan fingerprint density at radius 3 is 2.00 bits per heavy atom. The van der Waals surface area contributed by atoms with Crippen LogP contribution in [0.25, 0.3) is 0 Å². The molecule has 0 aromatic carbocycles. The molecule has 0 radical (unpaired) electrons.